The van der Waals surface area contributed by atoms with Gasteiger partial charge in [-0.05, 0) is 29.8 Å². The monoisotopic (exact) mass is 669 g/mol. The number of alkyl halides is 2. The maximum atomic E-state index is 11.3. The van der Waals surface area contributed by atoms with Crippen molar-refractivity contribution in [3.05, 3.63) is 70.3 Å². The number of halogens is 2. The van der Waals surface area contributed by atoms with E-state index in [1.54, 1.807) is 0 Å². The minimum atomic E-state index is -1.33. The molecular formula is C17H19Cl2CoN3O5Pt. The molecule has 0 aliphatic carbocycles. The van der Waals surface area contributed by atoms with Crippen molar-refractivity contribution in [2.75, 3.05) is 12.3 Å². The van der Waals surface area contributed by atoms with Crippen molar-refractivity contribution < 1.29 is 57.8 Å². The summed E-state index contributed by atoms with van der Waals surface area (Å²) in [6.45, 7) is -0.551. The molecule has 0 fully saturated rings. The molecule has 1 radical (unpaired) electrons. The molecule has 1 amide bonds. The van der Waals surface area contributed by atoms with Crippen LogP contribution in [0.1, 0.15) is 11.7 Å². The van der Waals surface area contributed by atoms with Crippen molar-refractivity contribution in [2.45, 2.75) is 17.0 Å². The number of aliphatic hydroxyl groups is 2. The first-order valence-corrected chi connectivity index (χ1v) is 8.55. The first kappa shape index (κ1) is 30.0. The third-order valence-electron chi connectivity index (χ3n) is 3.35. The molecule has 0 aromatic heterocycles. The van der Waals surface area contributed by atoms with E-state index in [9.17, 15) is 20.0 Å². The van der Waals surface area contributed by atoms with Gasteiger partial charge in [-0.15, -0.1) is 0 Å². The number of nitrogens with one attached hydrogen (secondary N) is 1. The number of para-hydroxylation sites is 1. The zero-order valence-electron chi connectivity index (χ0n) is 14.7. The van der Waals surface area contributed by atoms with Crippen molar-refractivity contribution >= 4 is 40.5 Å². The van der Waals surface area contributed by atoms with Gasteiger partial charge in [0.25, 0.3) is 11.6 Å². The van der Waals surface area contributed by atoms with Gasteiger partial charge >= 0.3 is 0 Å². The molecule has 0 bridgehead atoms. The fraction of sp³-hybridized carbons (Fsp3) is 0.235. The van der Waals surface area contributed by atoms with Gasteiger partial charge in [0.2, 0.25) is 0 Å². The number of amides is 1. The second-order valence-electron chi connectivity index (χ2n) is 5.30. The van der Waals surface area contributed by atoms with Crippen LogP contribution in [0.5, 0.6) is 0 Å². The number of hydrogen-bond acceptors (Lipinski definition) is 6. The molecule has 2 aromatic rings. The van der Waals surface area contributed by atoms with Gasteiger partial charge in [-0.1, -0.05) is 41.4 Å². The van der Waals surface area contributed by atoms with Gasteiger partial charge in [-0.2, -0.15) is 0 Å². The van der Waals surface area contributed by atoms with Gasteiger partial charge < -0.3 is 21.3 Å². The Kier molecular flexibility index (Phi) is 16.2. The minimum Gasteiger partial charge on any atom is -0.399 e. The molecule has 165 valence electrons. The first-order chi connectivity index (χ1) is 12.8. The summed E-state index contributed by atoms with van der Waals surface area (Å²) in [7, 11) is 0. The number of nitrogens with zero attached hydrogens (tertiary/aromatic N) is 1. The Labute approximate surface area is 202 Å². The SMILES string of the molecule is Nc1ccccc1.O=C(NC(CO)C(O)c1ccc([N+](=O)[O-])cc1)C(Cl)Cl.[Co].[Pt]. The fourth-order valence-corrected chi connectivity index (χ4v) is 2.07. The van der Waals surface area contributed by atoms with E-state index in [1.165, 1.54) is 24.3 Å². The van der Waals surface area contributed by atoms with Crippen molar-refractivity contribution in [1.82, 2.24) is 5.32 Å². The Bertz CT molecular complexity index is 742. The third kappa shape index (κ3) is 11.0. The average molecular weight is 670 g/mol. The average Bonchev–Trinajstić information content (AvgIpc) is 2.66. The maximum absolute atomic E-state index is 11.3. The van der Waals surface area contributed by atoms with Crippen molar-refractivity contribution in [3.8, 4) is 0 Å². The van der Waals surface area contributed by atoms with E-state index in [1.807, 2.05) is 30.3 Å². The van der Waals surface area contributed by atoms with Crippen LogP contribution in [0.25, 0.3) is 0 Å². The molecule has 0 saturated heterocycles. The summed E-state index contributed by atoms with van der Waals surface area (Å²) in [5, 5.41) is 31.9. The zero-order chi connectivity index (χ0) is 20.4. The molecule has 0 spiro atoms. The number of carbonyl (C=O) groups is 1. The Morgan fingerprint density at radius 1 is 1.14 bits per heavy atom. The maximum Gasteiger partial charge on any atom is 0.269 e. The number of nitrogen functional groups attached to an aromatic ring is 1. The number of benzene rings is 2. The summed E-state index contributed by atoms with van der Waals surface area (Å²) in [5.41, 5.74) is 6.35. The third-order valence-corrected chi connectivity index (χ3v) is 3.75. The minimum absolute atomic E-state index is 0. The van der Waals surface area contributed by atoms with E-state index < -0.39 is 34.4 Å². The van der Waals surface area contributed by atoms with Gasteiger partial charge in [0.15, 0.2) is 4.84 Å². The Hall–Kier alpha value is -1.20. The molecule has 8 nitrogen and oxygen atoms in total. The van der Waals surface area contributed by atoms with Crippen molar-refractivity contribution in [2.24, 2.45) is 0 Å². The van der Waals surface area contributed by atoms with Crippen LogP contribution in [0.4, 0.5) is 11.4 Å². The summed E-state index contributed by atoms with van der Waals surface area (Å²) in [6, 6.07) is 13.5. The van der Waals surface area contributed by atoms with Gasteiger partial charge in [0, 0.05) is 55.7 Å². The molecule has 2 aromatic carbocycles. The largest absolute Gasteiger partial charge is 0.399 e. The number of rotatable bonds is 6. The van der Waals surface area contributed by atoms with Crippen LogP contribution >= 0.6 is 23.2 Å². The smallest absolute Gasteiger partial charge is 0.269 e. The molecule has 2 rings (SSSR count). The summed E-state index contributed by atoms with van der Waals surface area (Å²) in [6.07, 6.45) is -1.25. The topological polar surface area (TPSA) is 139 Å². The van der Waals surface area contributed by atoms with E-state index >= 15 is 0 Å². The second kappa shape index (κ2) is 15.6. The standard InChI is InChI=1S/C11H12Cl2N2O5.C6H7N.Co.Pt/c12-10(13)11(18)14-8(5-16)9(17)6-1-3-7(4-2-6)15(19)20;7-6-4-2-1-3-5-6;;/h1-4,8-10,16-17H,5H2,(H,14,18);1-5H,7H2;;. The number of nitrogens with two attached hydrogens (primary N) is 1. The normalized spacial score (nSPS) is 11.6. The Balaban J connectivity index is 0. The molecule has 0 aliphatic heterocycles. The molecule has 0 aliphatic rings. The second-order valence-corrected chi connectivity index (χ2v) is 6.40. The van der Waals surface area contributed by atoms with E-state index in [0.717, 1.165) is 5.69 Å². The first-order valence-electron chi connectivity index (χ1n) is 7.68. The van der Waals surface area contributed by atoms with Crippen LogP contribution in [0.3, 0.4) is 0 Å². The summed E-state index contributed by atoms with van der Waals surface area (Å²) >= 11 is 10.7. The quantitative estimate of drug-likeness (QED) is 0.161. The number of nitro benzene ring substituents is 1. The molecule has 5 N–H and O–H groups in total. The van der Waals surface area contributed by atoms with Gasteiger partial charge in [-0.25, -0.2) is 0 Å². The molecular weight excluding hydrogens is 651 g/mol. The molecule has 0 saturated carbocycles. The summed E-state index contributed by atoms with van der Waals surface area (Å²) < 4.78 is 0. The number of non-ortho nitro benzene ring substituents is 1. The molecule has 0 heterocycles. The molecule has 2 unspecified atom stereocenters. The Morgan fingerprint density at radius 2 is 1.66 bits per heavy atom. The van der Waals surface area contributed by atoms with E-state index in [-0.39, 0.29) is 43.5 Å². The number of hydrogen-bond donors (Lipinski definition) is 4. The van der Waals surface area contributed by atoms with Crippen LogP contribution in [0, 0.1) is 10.1 Å². The van der Waals surface area contributed by atoms with Crippen LogP contribution < -0.4 is 11.1 Å². The summed E-state index contributed by atoms with van der Waals surface area (Å²) in [4.78, 5) is 19.9. The van der Waals surface area contributed by atoms with Crippen LogP contribution in [0.2, 0.25) is 0 Å². The number of nitro groups is 1. The van der Waals surface area contributed by atoms with Crippen molar-refractivity contribution in [3.63, 3.8) is 0 Å². The molecule has 12 heteroatoms. The predicted molar refractivity (Wildman–Crippen MR) is 103 cm³/mol. The van der Waals surface area contributed by atoms with E-state index in [2.05, 4.69) is 5.32 Å². The summed E-state index contributed by atoms with van der Waals surface area (Å²) in [5.74, 6) is -0.756. The number of aliphatic hydroxyl groups excluding tert-OH is 2. The Morgan fingerprint density at radius 3 is 2.00 bits per heavy atom. The predicted octanol–water partition coefficient (Wildman–Crippen LogP) is 2.17. The van der Waals surface area contributed by atoms with Crippen LogP contribution in [-0.4, -0.2) is 38.5 Å². The van der Waals surface area contributed by atoms with Gasteiger partial charge in [0.1, 0.15) is 6.10 Å². The van der Waals surface area contributed by atoms with Gasteiger partial charge in [0.05, 0.1) is 17.6 Å². The fourth-order valence-electron chi connectivity index (χ4n) is 1.95. The molecule has 29 heavy (non-hydrogen) atoms. The van der Waals surface area contributed by atoms with Gasteiger partial charge in [-0.3, -0.25) is 14.9 Å². The number of carbonyl (C=O) groups excluding carboxylic acids is 1. The number of anilines is 1. The zero-order valence-corrected chi connectivity index (χ0v) is 19.5. The van der Waals surface area contributed by atoms with Crippen LogP contribution in [0.15, 0.2) is 54.6 Å². The van der Waals surface area contributed by atoms with Crippen LogP contribution in [-0.2, 0) is 42.6 Å². The van der Waals surface area contributed by atoms with E-state index in [0.29, 0.717) is 5.56 Å². The van der Waals surface area contributed by atoms with E-state index in [4.69, 9.17) is 34.0 Å². The molecule has 2 atom stereocenters. The van der Waals surface area contributed by atoms with Crippen molar-refractivity contribution in [1.29, 1.82) is 0 Å².